The van der Waals surface area contributed by atoms with Crippen LogP contribution in [0, 0.1) is 0 Å². The van der Waals surface area contributed by atoms with Crippen LogP contribution in [-0.4, -0.2) is 0 Å². The van der Waals surface area contributed by atoms with E-state index in [2.05, 4.69) is 72.2 Å². The molecule has 0 aliphatic heterocycles. The summed E-state index contributed by atoms with van der Waals surface area (Å²) in [5.74, 6) is 0. The molecule has 0 spiro atoms. The molecule has 1 nitrogen and oxygen atoms in total. The molecule has 3 aromatic rings. The summed E-state index contributed by atoms with van der Waals surface area (Å²) < 4.78 is 3.71. The number of thiazole rings is 1. The van der Waals surface area contributed by atoms with Gasteiger partial charge in [-0.25, -0.2) is 0 Å². The lowest BCUT2D eigenvalue weighted by Gasteiger charge is -1.92. The van der Waals surface area contributed by atoms with Crippen LogP contribution >= 0.6 is 11.3 Å². The molecule has 102 valence electrons. The van der Waals surface area contributed by atoms with Gasteiger partial charge < -0.3 is 24.0 Å². The molecule has 0 amide bonds. The summed E-state index contributed by atoms with van der Waals surface area (Å²) in [4.78, 5) is 0. The van der Waals surface area contributed by atoms with Gasteiger partial charge >= 0.3 is 0 Å². The Labute approximate surface area is 140 Å². The number of nitrogens with zero attached hydrogens (tertiary/aromatic N) is 1. The molecule has 0 aliphatic rings. The molecule has 1 heterocycles. The Hall–Kier alpha value is -1.20. The number of aryl methyl sites for hydroxylation is 1. The minimum Gasteiger partial charge on any atom is -1.00 e. The summed E-state index contributed by atoms with van der Waals surface area (Å²) in [6, 6.07) is 19.0. The Morgan fingerprint density at radius 1 is 0.950 bits per heavy atom. The van der Waals surface area contributed by atoms with Crippen LogP contribution in [-0.2, 0) is 6.54 Å². The van der Waals surface area contributed by atoms with Crippen molar-refractivity contribution in [1.29, 1.82) is 0 Å². The van der Waals surface area contributed by atoms with E-state index in [0.29, 0.717) is 0 Å². The molecule has 0 unspecified atom stereocenters. The summed E-state index contributed by atoms with van der Waals surface area (Å²) in [6.07, 6.45) is 4.39. The maximum absolute atomic E-state index is 2.36. The van der Waals surface area contributed by atoms with Crippen molar-refractivity contribution < 1.29 is 28.5 Å². The third-order valence-corrected chi connectivity index (χ3v) is 4.30. The van der Waals surface area contributed by atoms with E-state index in [1.165, 1.54) is 20.8 Å². The van der Waals surface area contributed by atoms with Crippen molar-refractivity contribution in [2.45, 2.75) is 13.5 Å². The first-order valence-corrected chi connectivity index (χ1v) is 7.34. The highest BCUT2D eigenvalue weighted by Crippen LogP contribution is 2.21. The highest BCUT2D eigenvalue weighted by Gasteiger charge is 2.15. The van der Waals surface area contributed by atoms with Gasteiger partial charge in [-0.05, 0) is 24.6 Å². The Kier molecular flexibility index (Phi) is 5.31. The van der Waals surface area contributed by atoms with E-state index in [0.717, 1.165) is 6.54 Å². The molecule has 0 atom stereocenters. The van der Waals surface area contributed by atoms with E-state index < -0.39 is 0 Å². The first-order valence-electron chi connectivity index (χ1n) is 6.53. The molecule has 0 bridgehead atoms. The van der Waals surface area contributed by atoms with Crippen LogP contribution in [0.15, 0.2) is 54.6 Å². The first kappa shape index (κ1) is 15.2. The number of benzene rings is 2. The van der Waals surface area contributed by atoms with E-state index in [4.69, 9.17) is 0 Å². The van der Waals surface area contributed by atoms with Crippen LogP contribution in [0.5, 0.6) is 0 Å². The Morgan fingerprint density at radius 2 is 1.65 bits per heavy atom. The maximum Gasteiger partial charge on any atom is 0.262 e. The second-order valence-corrected chi connectivity index (χ2v) is 5.46. The Balaban J connectivity index is 0.00000147. The van der Waals surface area contributed by atoms with E-state index in [9.17, 15) is 0 Å². The number of hydrogen-bond donors (Lipinski definition) is 0. The third kappa shape index (κ3) is 3.10. The summed E-state index contributed by atoms with van der Waals surface area (Å²) in [6.45, 7) is 3.19. The average Bonchev–Trinajstić information content (AvgIpc) is 2.83. The number of hydrogen-bond acceptors (Lipinski definition) is 1. The zero-order valence-corrected chi connectivity index (χ0v) is 14.3. The van der Waals surface area contributed by atoms with Crippen molar-refractivity contribution in [1.82, 2.24) is 0 Å². The van der Waals surface area contributed by atoms with Crippen LogP contribution in [0.1, 0.15) is 17.5 Å². The predicted octanol–water partition coefficient (Wildman–Crippen LogP) is 1.38. The number of aromatic nitrogens is 1. The minimum atomic E-state index is 0. The normalized spacial score (nSPS) is 10.8. The first-order chi connectivity index (χ1) is 9.38. The standard InChI is InChI=1S/C17H16NS.HI/c1-2-18-15-10-6-7-11-16(15)19-17(18)13-12-14-8-4-3-5-9-14;/h3-13H,2H2,1H3;1H/q+1;/p-1. The number of para-hydroxylation sites is 1. The van der Waals surface area contributed by atoms with Crippen molar-refractivity contribution in [3.8, 4) is 0 Å². The van der Waals surface area contributed by atoms with Gasteiger partial charge in [0.1, 0.15) is 11.2 Å². The van der Waals surface area contributed by atoms with Crippen LogP contribution in [0.25, 0.3) is 22.4 Å². The van der Waals surface area contributed by atoms with E-state index in [1.807, 2.05) is 17.4 Å². The topological polar surface area (TPSA) is 3.88 Å². The van der Waals surface area contributed by atoms with Crippen molar-refractivity contribution >= 4 is 33.7 Å². The van der Waals surface area contributed by atoms with Gasteiger partial charge in [-0.15, -0.1) is 0 Å². The van der Waals surface area contributed by atoms with Gasteiger partial charge in [0.05, 0.1) is 0 Å². The van der Waals surface area contributed by atoms with Gasteiger partial charge in [0, 0.05) is 12.1 Å². The van der Waals surface area contributed by atoms with Gasteiger partial charge in [-0.3, -0.25) is 0 Å². The molecule has 0 radical (unpaired) electrons. The van der Waals surface area contributed by atoms with Gasteiger partial charge in [-0.1, -0.05) is 53.8 Å². The van der Waals surface area contributed by atoms with Gasteiger partial charge in [0.15, 0.2) is 0 Å². The van der Waals surface area contributed by atoms with Gasteiger partial charge in [-0.2, -0.15) is 4.57 Å². The maximum atomic E-state index is 2.36. The largest absolute Gasteiger partial charge is 1.00 e. The molecule has 0 N–H and O–H groups in total. The van der Waals surface area contributed by atoms with Crippen LogP contribution < -0.4 is 28.5 Å². The fraction of sp³-hybridized carbons (Fsp3) is 0.118. The van der Waals surface area contributed by atoms with Crippen molar-refractivity contribution in [2.75, 3.05) is 0 Å². The Morgan fingerprint density at radius 3 is 2.40 bits per heavy atom. The summed E-state index contributed by atoms with van der Waals surface area (Å²) in [5, 5.41) is 1.30. The SMILES string of the molecule is CC[n+]1c(C=Cc2ccccc2)sc2ccccc21.[I-]. The van der Waals surface area contributed by atoms with Crippen molar-refractivity contribution in [3.05, 3.63) is 65.2 Å². The zero-order valence-electron chi connectivity index (χ0n) is 11.3. The highest BCUT2D eigenvalue weighted by molar-refractivity contribution is 7.18. The summed E-state index contributed by atoms with van der Waals surface area (Å²) in [7, 11) is 0. The Bertz CT molecular complexity index is 716. The molecule has 20 heavy (non-hydrogen) atoms. The lowest BCUT2D eigenvalue weighted by Crippen LogP contribution is -3.00. The molecule has 3 rings (SSSR count). The summed E-state index contributed by atoms with van der Waals surface area (Å²) in [5.41, 5.74) is 2.56. The quantitative estimate of drug-likeness (QED) is 0.468. The third-order valence-electron chi connectivity index (χ3n) is 3.17. The second-order valence-electron chi connectivity index (χ2n) is 4.40. The molecule has 3 heteroatoms. The average molecular weight is 393 g/mol. The van der Waals surface area contributed by atoms with Crippen molar-refractivity contribution in [2.24, 2.45) is 0 Å². The number of rotatable bonds is 3. The van der Waals surface area contributed by atoms with Crippen molar-refractivity contribution in [3.63, 3.8) is 0 Å². The zero-order chi connectivity index (χ0) is 13.1. The van der Waals surface area contributed by atoms with Gasteiger partial charge in [0.25, 0.3) is 5.01 Å². The molecule has 0 fully saturated rings. The monoisotopic (exact) mass is 393 g/mol. The highest BCUT2D eigenvalue weighted by atomic mass is 127. The molecular weight excluding hydrogens is 377 g/mol. The number of halogens is 1. The second kappa shape index (κ2) is 6.99. The van der Waals surface area contributed by atoms with Crippen LogP contribution in [0.4, 0.5) is 0 Å². The minimum absolute atomic E-state index is 0. The molecule has 2 aromatic carbocycles. The molecule has 0 aliphatic carbocycles. The van der Waals surface area contributed by atoms with E-state index in [-0.39, 0.29) is 24.0 Å². The molecule has 0 saturated heterocycles. The fourth-order valence-corrected chi connectivity index (χ4v) is 3.36. The van der Waals surface area contributed by atoms with E-state index in [1.54, 1.807) is 0 Å². The molecule has 0 saturated carbocycles. The molecular formula is C17H16INS. The number of fused-ring (bicyclic) bond motifs is 1. The predicted molar refractivity (Wildman–Crippen MR) is 83.1 cm³/mol. The molecule has 1 aromatic heterocycles. The van der Waals surface area contributed by atoms with Gasteiger partial charge in [0.2, 0.25) is 5.52 Å². The fourth-order valence-electron chi connectivity index (χ4n) is 2.23. The smallest absolute Gasteiger partial charge is 0.262 e. The van der Waals surface area contributed by atoms with Crippen LogP contribution in [0.2, 0.25) is 0 Å². The lowest BCUT2D eigenvalue weighted by molar-refractivity contribution is -0.665. The van der Waals surface area contributed by atoms with E-state index >= 15 is 0 Å². The summed E-state index contributed by atoms with van der Waals surface area (Å²) >= 11 is 1.84. The van der Waals surface area contributed by atoms with Crippen LogP contribution in [0.3, 0.4) is 0 Å². The lowest BCUT2D eigenvalue weighted by atomic mass is 10.2.